The van der Waals surface area contributed by atoms with E-state index in [-0.39, 0.29) is 29.5 Å². The van der Waals surface area contributed by atoms with Crippen LogP contribution >= 0.6 is 0 Å². The van der Waals surface area contributed by atoms with Crippen molar-refractivity contribution in [1.29, 1.82) is 0 Å². The Labute approximate surface area is 195 Å². The van der Waals surface area contributed by atoms with Gasteiger partial charge in [-0.25, -0.2) is 0 Å². The number of aliphatic carboxylic acids is 1. The molecule has 4 heteroatoms. The average molecular weight is 449 g/mol. The normalized spacial score (nSPS) is 49.2. The largest absolute Gasteiger partial charge is 0.481 e. The molecule has 4 aliphatic carbocycles. The van der Waals surface area contributed by atoms with Crippen molar-refractivity contribution >= 4 is 5.97 Å². The molecule has 0 aromatic heterocycles. The lowest BCUT2D eigenvalue weighted by atomic mass is 9.41. The molecule has 4 saturated carbocycles. The van der Waals surface area contributed by atoms with Crippen molar-refractivity contribution in [3.8, 4) is 0 Å². The number of fused-ring (bicyclic) bond motifs is 5. The third-order valence-electron chi connectivity index (χ3n) is 11.2. The summed E-state index contributed by atoms with van der Waals surface area (Å²) in [6.07, 6.45) is 9.29. The Balaban J connectivity index is 1.63. The van der Waals surface area contributed by atoms with E-state index in [9.17, 15) is 20.1 Å². The lowest BCUT2D eigenvalue weighted by Crippen LogP contribution is -2.62. The van der Waals surface area contributed by atoms with Gasteiger partial charge in [0, 0.05) is 6.42 Å². The molecule has 4 nitrogen and oxygen atoms in total. The molecule has 0 saturated heterocycles. The van der Waals surface area contributed by atoms with Gasteiger partial charge in [0.05, 0.1) is 12.2 Å². The summed E-state index contributed by atoms with van der Waals surface area (Å²) < 4.78 is 0. The van der Waals surface area contributed by atoms with Gasteiger partial charge in [-0.2, -0.15) is 0 Å². The SMILES string of the molecule is CC(C)C[C@H]1[C@@H](O)[C@@H]2[C@H](CC[C@]3(C)[C@@H]([C@H](C)CCC(=O)O)CC[C@@H]23)[C@@]2(C)CC[C@@H](O)C[C@@H]12. The van der Waals surface area contributed by atoms with Crippen LogP contribution in [0.3, 0.4) is 0 Å². The van der Waals surface area contributed by atoms with Crippen LogP contribution in [-0.2, 0) is 4.79 Å². The van der Waals surface area contributed by atoms with Gasteiger partial charge in [0.15, 0.2) is 0 Å². The Bertz CT molecular complexity index is 691. The number of rotatable bonds is 6. The van der Waals surface area contributed by atoms with E-state index in [1.54, 1.807) is 0 Å². The number of carboxylic acid groups (broad SMARTS) is 1. The Morgan fingerprint density at radius 1 is 0.938 bits per heavy atom. The maximum atomic E-state index is 12.0. The lowest BCUT2D eigenvalue weighted by Gasteiger charge is -2.65. The first kappa shape index (κ1) is 24.5. The molecule has 0 bridgehead atoms. The van der Waals surface area contributed by atoms with E-state index in [0.717, 1.165) is 32.1 Å². The Morgan fingerprint density at radius 2 is 1.59 bits per heavy atom. The molecule has 0 heterocycles. The van der Waals surface area contributed by atoms with E-state index < -0.39 is 5.97 Å². The fourth-order valence-electron chi connectivity index (χ4n) is 9.81. The zero-order chi connectivity index (χ0) is 23.4. The molecule has 0 aromatic rings. The standard InChI is InChI=1S/C28H48O4/c1-16(2)14-19-23-15-18(29)10-12-28(23,5)22-11-13-27(4)20(17(3)6-9-24(30)31)7-8-21(27)25(22)26(19)32/h16-23,25-26,29,32H,6-15H2,1-5H3,(H,30,31)/t17-,18-,19-,20-,21+,22+,23+,25+,26-,27-,28-/m1/s1. The first-order valence-corrected chi connectivity index (χ1v) is 13.6. The number of carboxylic acids is 1. The van der Waals surface area contributed by atoms with E-state index in [1.165, 1.54) is 25.7 Å². The van der Waals surface area contributed by atoms with Crippen LogP contribution < -0.4 is 0 Å². The molecule has 0 amide bonds. The van der Waals surface area contributed by atoms with E-state index in [4.69, 9.17) is 0 Å². The molecular formula is C28H48O4. The van der Waals surface area contributed by atoms with Crippen molar-refractivity contribution in [2.75, 3.05) is 0 Å². The van der Waals surface area contributed by atoms with Gasteiger partial charge in [-0.1, -0.05) is 34.6 Å². The number of aliphatic hydroxyl groups excluding tert-OH is 2. The van der Waals surface area contributed by atoms with Crippen molar-refractivity contribution in [3.63, 3.8) is 0 Å². The molecule has 4 aliphatic rings. The van der Waals surface area contributed by atoms with Crippen LogP contribution in [0.25, 0.3) is 0 Å². The van der Waals surface area contributed by atoms with Gasteiger partial charge in [-0.15, -0.1) is 0 Å². The molecule has 184 valence electrons. The zero-order valence-corrected chi connectivity index (χ0v) is 21.1. The average Bonchev–Trinajstić information content (AvgIpc) is 3.07. The highest BCUT2D eigenvalue weighted by atomic mass is 16.4. The first-order valence-electron chi connectivity index (χ1n) is 13.6. The van der Waals surface area contributed by atoms with Crippen molar-refractivity contribution < 1.29 is 20.1 Å². The predicted octanol–water partition coefficient (Wildman–Crippen LogP) is 5.75. The minimum absolute atomic E-state index is 0.203. The predicted molar refractivity (Wildman–Crippen MR) is 127 cm³/mol. The molecule has 0 aliphatic heterocycles. The monoisotopic (exact) mass is 448 g/mol. The van der Waals surface area contributed by atoms with Crippen molar-refractivity contribution in [2.45, 2.75) is 111 Å². The van der Waals surface area contributed by atoms with E-state index in [0.29, 0.717) is 47.3 Å². The summed E-state index contributed by atoms with van der Waals surface area (Å²) in [6, 6.07) is 0. The maximum absolute atomic E-state index is 12.0. The molecule has 11 atom stereocenters. The van der Waals surface area contributed by atoms with Crippen molar-refractivity contribution in [3.05, 3.63) is 0 Å². The second-order valence-corrected chi connectivity index (χ2v) is 13.3. The summed E-state index contributed by atoms with van der Waals surface area (Å²) in [4.78, 5) is 11.2. The highest BCUT2D eigenvalue weighted by Crippen LogP contribution is 2.69. The van der Waals surface area contributed by atoms with Crippen molar-refractivity contribution in [1.82, 2.24) is 0 Å². The minimum Gasteiger partial charge on any atom is -0.481 e. The van der Waals surface area contributed by atoms with Gasteiger partial charge in [0.2, 0.25) is 0 Å². The van der Waals surface area contributed by atoms with Gasteiger partial charge in [0.1, 0.15) is 0 Å². The summed E-state index contributed by atoms with van der Waals surface area (Å²) in [7, 11) is 0. The lowest BCUT2D eigenvalue weighted by molar-refractivity contribution is -0.205. The van der Waals surface area contributed by atoms with Crippen LogP contribution in [0, 0.1) is 58.2 Å². The van der Waals surface area contributed by atoms with Crippen LogP contribution in [-0.4, -0.2) is 33.5 Å². The van der Waals surface area contributed by atoms with Gasteiger partial charge in [-0.05, 0) is 116 Å². The quantitative estimate of drug-likeness (QED) is 0.483. The summed E-state index contributed by atoms with van der Waals surface area (Å²) in [5.41, 5.74) is 0.455. The van der Waals surface area contributed by atoms with Crippen LogP contribution in [0.1, 0.15) is 98.8 Å². The van der Waals surface area contributed by atoms with Crippen LogP contribution in [0.15, 0.2) is 0 Å². The minimum atomic E-state index is -0.682. The molecule has 32 heavy (non-hydrogen) atoms. The molecule has 4 rings (SSSR count). The third-order valence-corrected chi connectivity index (χ3v) is 11.2. The van der Waals surface area contributed by atoms with Gasteiger partial charge < -0.3 is 15.3 Å². The fraction of sp³-hybridized carbons (Fsp3) is 0.964. The second kappa shape index (κ2) is 8.87. The van der Waals surface area contributed by atoms with E-state index >= 15 is 0 Å². The number of hydrogen-bond donors (Lipinski definition) is 3. The molecular weight excluding hydrogens is 400 g/mol. The maximum Gasteiger partial charge on any atom is 0.303 e. The third kappa shape index (κ3) is 3.96. The number of hydrogen-bond acceptors (Lipinski definition) is 3. The molecule has 0 unspecified atom stereocenters. The van der Waals surface area contributed by atoms with Gasteiger partial charge in [0.25, 0.3) is 0 Å². The summed E-state index contributed by atoms with van der Waals surface area (Å²) in [5, 5.41) is 31.7. The number of carbonyl (C=O) groups is 1. The summed E-state index contributed by atoms with van der Waals surface area (Å²) >= 11 is 0. The molecule has 4 fully saturated rings. The summed E-state index contributed by atoms with van der Waals surface area (Å²) in [6.45, 7) is 11.8. The van der Waals surface area contributed by atoms with Gasteiger partial charge >= 0.3 is 5.97 Å². The van der Waals surface area contributed by atoms with Crippen molar-refractivity contribution in [2.24, 2.45) is 58.2 Å². The summed E-state index contributed by atoms with van der Waals surface area (Å²) in [5.74, 6) is 3.07. The van der Waals surface area contributed by atoms with E-state index in [2.05, 4.69) is 34.6 Å². The molecule has 0 aromatic carbocycles. The van der Waals surface area contributed by atoms with Gasteiger partial charge in [-0.3, -0.25) is 4.79 Å². The molecule has 0 spiro atoms. The van der Waals surface area contributed by atoms with Crippen LogP contribution in [0.4, 0.5) is 0 Å². The molecule has 0 radical (unpaired) electrons. The van der Waals surface area contributed by atoms with Crippen LogP contribution in [0.5, 0.6) is 0 Å². The Kier molecular flexibility index (Phi) is 6.80. The Morgan fingerprint density at radius 3 is 2.25 bits per heavy atom. The topological polar surface area (TPSA) is 77.8 Å². The smallest absolute Gasteiger partial charge is 0.303 e. The van der Waals surface area contributed by atoms with E-state index in [1.807, 2.05) is 0 Å². The number of aliphatic hydroxyl groups is 2. The highest BCUT2D eigenvalue weighted by Gasteiger charge is 2.65. The second-order valence-electron chi connectivity index (χ2n) is 13.3. The first-order chi connectivity index (χ1) is 15.0. The highest BCUT2D eigenvalue weighted by molar-refractivity contribution is 5.66. The molecule has 3 N–H and O–H groups in total. The Hall–Kier alpha value is -0.610. The fourth-order valence-corrected chi connectivity index (χ4v) is 9.81. The zero-order valence-electron chi connectivity index (χ0n) is 21.1. The van der Waals surface area contributed by atoms with Crippen LogP contribution in [0.2, 0.25) is 0 Å².